The van der Waals surface area contributed by atoms with Crippen LogP contribution in [0, 0.1) is 5.82 Å². The van der Waals surface area contributed by atoms with Gasteiger partial charge in [-0.3, -0.25) is 4.98 Å². The summed E-state index contributed by atoms with van der Waals surface area (Å²) < 4.78 is 19.4. The summed E-state index contributed by atoms with van der Waals surface area (Å²) in [5.74, 6) is 0.0582. The molecule has 3 nitrogen and oxygen atoms in total. The second-order valence-electron chi connectivity index (χ2n) is 3.09. The van der Waals surface area contributed by atoms with Gasteiger partial charge in [-0.15, -0.1) is 0 Å². The number of nitrogens with zero attached hydrogens (tertiary/aromatic N) is 1. The molecule has 2 rings (SSSR count). The average Bonchev–Trinajstić information content (AvgIpc) is 2.25. The van der Waals surface area contributed by atoms with Crippen molar-refractivity contribution in [2.75, 3.05) is 5.73 Å². The number of rotatable bonds is 2. The second kappa shape index (κ2) is 4.49. The molecule has 0 saturated carbocycles. The van der Waals surface area contributed by atoms with Gasteiger partial charge in [-0.05, 0) is 18.2 Å². The SMILES string of the molecule is Nc1cnccc1Oc1ccc(Br)cc1F. The van der Waals surface area contributed by atoms with E-state index in [4.69, 9.17) is 10.5 Å². The molecule has 0 spiro atoms. The van der Waals surface area contributed by atoms with Gasteiger partial charge in [-0.1, -0.05) is 15.9 Å². The van der Waals surface area contributed by atoms with Crippen molar-refractivity contribution in [2.24, 2.45) is 0 Å². The van der Waals surface area contributed by atoms with Gasteiger partial charge in [0.2, 0.25) is 0 Å². The molecule has 1 aromatic carbocycles. The maximum absolute atomic E-state index is 13.5. The standard InChI is InChI=1S/C11H8BrFN2O/c12-7-1-2-10(8(13)5-7)16-11-3-4-15-6-9(11)14/h1-6H,14H2. The van der Waals surface area contributed by atoms with Crippen molar-refractivity contribution in [1.82, 2.24) is 4.98 Å². The third-order valence-electron chi connectivity index (χ3n) is 1.92. The molecule has 0 aliphatic heterocycles. The van der Waals surface area contributed by atoms with Crippen LogP contribution in [-0.4, -0.2) is 4.98 Å². The van der Waals surface area contributed by atoms with E-state index in [2.05, 4.69) is 20.9 Å². The third-order valence-corrected chi connectivity index (χ3v) is 2.42. The number of hydrogen-bond donors (Lipinski definition) is 1. The monoisotopic (exact) mass is 282 g/mol. The number of nitrogens with two attached hydrogens (primary N) is 1. The summed E-state index contributed by atoms with van der Waals surface area (Å²) in [6.45, 7) is 0. The normalized spacial score (nSPS) is 10.1. The lowest BCUT2D eigenvalue weighted by Crippen LogP contribution is -1.94. The van der Waals surface area contributed by atoms with Crippen LogP contribution < -0.4 is 10.5 Å². The first-order valence-corrected chi connectivity index (χ1v) is 5.28. The van der Waals surface area contributed by atoms with E-state index in [1.54, 1.807) is 12.1 Å². The lowest BCUT2D eigenvalue weighted by Gasteiger charge is -2.08. The summed E-state index contributed by atoms with van der Waals surface area (Å²) in [4.78, 5) is 3.82. The molecule has 0 radical (unpaired) electrons. The highest BCUT2D eigenvalue weighted by molar-refractivity contribution is 9.10. The van der Waals surface area contributed by atoms with Crippen LogP contribution in [0.15, 0.2) is 41.1 Å². The molecule has 0 unspecified atom stereocenters. The lowest BCUT2D eigenvalue weighted by atomic mass is 10.3. The van der Waals surface area contributed by atoms with Crippen LogP contribution in [0.1, 0.15) is 0 Å². The van der Waals surface area contributed by atoms with Gasteiger partial charge in [-0.2, -0.15) is 0 Å². The predicted octanol–water partition coefficient (Wildman–Crippen LogP) is 3.36. The molecule has 1 aromatic heterocycles. The molecule has 1 heterocycles. The van der Waals surface area contributed by atoms with Gasteiger partial charge in [0, 0.05) is 16.7 Å². The summed E-state index contributed by atoms with van der Waals surface area (Å²) in [7, 11) is 0. The van der Waals surface area contributed by atoms with Crippen LogP contribution in [0.25, 0.3) is 0 Å². The van der Waals surface area contributed by atoms with E-state index < -0.39 is 5.82 Å². The van der Waals surface area contributed by atoms with E-state index in [1.807, 2.05) is 0 Å². The quantitative estimate of drug-likeness (QED) is 0.919. The molecule has 0 bridgehead atoms. The maximum Gasteiger partial charge on any atom is 0.166 e. The van der Waals surface area contributed by atoms with Crippen molar-refractivity contribution in [3.05, 3.63) is 46.9 Å². The Morgan fingerprint density at radius 1 is 1.25 bits per heavy atom. The van der Waals surface area contributed by atoms with E-state index in [1.165, 1.54) is 24.5 Å². The van der Waals surface area contributed by atoms with E-state index in [9.17, 15) is 4.39 Å². The third kappa shape index (κ3) is 2.30. The topological polar surface area (TPSA) is 48.1 Å². The number of aromatic nitrogens is 1. The van der Waals surface area contributed by atoms with Gasteiger partial charge >= 0.3 is 0 Å². The van der Waals surface area contributed by atoms with Gasteiger partial charge in [0.05, 0.1) is 11.9 Å². The highest BCUT2D eigenvalue weighted by Gasteiger charge is 2.07. The van der Waals surface area contributed by atoms with Crippen molar-refractivity contribution in [2.45, 2.75) is 0 Å². The van der Waals surface area contributed by atoms with Crippen molar-refractivity contribution in [1.29, 1.82) is 0 Å². The molecule has 2 N–H and O–H groups in total. The number of ether oxygens (including phenoxy) is 1. The van der Waals surface area contributed by atoms with E-state index in [0.717, 1.165) is 0 Å². The zero-order chi connectivity index (χ0) is 11.5. The van der Waals surface area contributed by atoms with Gasteiger partial charge < -0.3 is 10.5 Å². The van der Waals surface area contributed by atoms with Crippen LogP contribution >= 0.6 is 15.9 Å². The fourth-order valence-electron chi connectivity index (χ4n) is 1.16. The largest absolute Gasteiger partial charge is 0.452 e. The Balaban J connectivity index is 2.31. The first kappa shape index (κ1) is 10.9. The van der Waals surface area contributed by atoms with Crippen molar-refractivity contribution < 1.29 is 9.13 Å². The molecule has 0 aliphatic rings. The summed E-state index contributed by atoms with van der Waals surface area (Å²) in [5.41, 5.74) is 5.99. The van der Waals surface area contributed by atoms with E-state index in [0.29, 0.717) is 15.9 Å². The fourth-order valence-corrected chi connectivity index (χ4v) is 1.50. The Bertz CT molecular complexity index is 519. The van der Waals surface area contributed by atoms with Crippen LogP contribution in [0.5, 0.6) is 11.5 Å². The van der Waals surface area contributed by atoms with Crippen LogP contribution in [0.2, 0.25) is 0 Å². The number of nitrogen functional groups attached to an aromatic ring is 1. The molecule has 2 aromatic rings. The minimum absolute atomic E-state index is 0.126. The van der Waals surface area contributed by atoms with Crippen molar-refractivity contribution in [3.8, 4) is 11.5 Å². The van der Waals surface area contributed by atoms with Gasteiger partial charge in [0.15, 0.2) is 17.3 Å². The number of benzene rings is 1. The molecule has 16 heavy (non-hydrogen) atoms. The maximum atomic E-state index is 13.5. The Morgan fingerprint density at radius 2 is 2.06 bits per heavy atom. The molecular formula is C11H8BrFN2O. The molecule has 82 valence electrons. The number of anilines is 1. The molecule has 0 aliphatic carbocycles. The van der Waals surface area contributed by atoms with E-state index in [-0.39, 0.29) is 5.75 Å². The summed E-state index contributed by atoms with van der Waals surface area (Å²) >= 11 is 3.17. The van der Waals surface area contributed by atoms with Crippen LogP contribution in [0.3, 0.4) is 0 Å². The zero-order valence-electron chi connectivity index (χ0n) is 8.15. The van der Waals surface area contributed by atoms with Crippen LogP contribution in [0.4, 0.5) is 10.1 Å². The average molecular weight is 283 g/mol. The highest BCUT2D eigenvalue weighted by Crippen LogP contribution is 2.29. The molecule has 0 fully saturated rings. The number of halogens is 2. The Labute approximate surface area is 100 Å². The van der Waals surface area contributed by atoms with Gasteiger partial charge in [-0.25, -0.2) is 4.39 Å². The smallest absolute Gasteiger partial charge is 0.166 e. The van der Waals surface area contributed by atoms with Crippen LogP contribution in [-0.2, 0) is 0 Å². The predicted molar refractivity (Wildman–Crippen MR) is 62.8 cm³/mol. The van der Waals surface area contributed by atoms with Crippen molar-refractivity contribution >= 4 is 21.6 Å². The Kier molecular flexibility index (Phi) is 3.05. The summed E-state index contributed by atoms with van der Waals surface area (Å²) in [6.07, 6.45) is 2.98. The molecule has 5 heteroatoms. The highest BCUT2D eigenvalue weighted by atomic mass is 79.9. The second-order valence-corrected chi connectivity index (χ2v) is 4.01. The van der Waals surface area contributed by atoms with Crippen molar-refractivity contribution in [3.63, 3.8) is 0 Å². The lowest BCUT2D eigenvalue weighted by molar-refractivity contribution is 0.443. The molecular weight excluding hydrogens is 275 g/mol. The Morgan fingerprint density at radius 3 is 2.75 bits per heavy atom. The minimum atomic E-state index is -0.453. The number of hydrogen-bond acceptors (Lipinski definition) is 3. The minimum Gasteiger partial charge on any atom is -0.452 e. The van der Waals surface area contributed by atoms with E-state index >= 15 is 0 Å². The first-order valence-electron chi connectivity index (χ1n) is 4.49. The molecule has 0 amide bonds. The summed E-state index contributed by atoms with van der Waals surface area (Å²) in [6, 6.07) is 6.12. The Hall–Kier alpha value is -1.62. The summed E-state index contributed by atoms with van der Waals surface area (Å²) in [5, 5.41) is 0. The molecule has 0 atom stereocenters. The first-order chi connectivity index (χ1) is 7.66. The number of pyridine rings is 1. The fraction of sp³-hybridized carbons (Fsp3) is 0. The van der Waals surface area contributed by atoms with Gasteiger partial charge in [0.25, 0.3) is 0 Å². The zero-order valence-corrected chi connectivity index (χ0v) is 9.74. The molecule has 0 saturated heterocycles. The van der Waals surface area contributed by atoms with Gasteiger partial charge in [0.1, 0.15) is 0 Å².